The average Bonchev–Trinajstić information content (AvgIpc) is 3.81. The first-order chi connectivity index (χ1) is 28.5. The van der Waals surface area contributed by atoms with Gasteiger partial charge in [0, 0.05) is 44.8 Å². The highest BCUT2D eigenvalue weighted by Gasteiger charge is 2.42. The molecule has 8 nitrogen and oxygen atoms in total. The number of piperidine rings is 2. The minimum Gasteiger partial charge on any atom is -0.417 e. The molecule has 2 aliphatic heterocycles. The predicted molar refractivity (Wildman–Crippen MR) is 244 cm³/mol. The molecule has 0 bridgehead atoms. The largest absolute Gasteiger partial charge is 0.417 e. The molecule has 0 saturated carbocycles. The standard InChI is InChI=1S/C22H30F3N3OSSi.C22H31F3N2O2SSi/c1-20(2,3)31(4,5)29-13-10-21(15-26)8-11-28(12-9-21)19-27-17-7-6-16(22(23,24)25)14-18(17)30-19;1-20(2,3)31(4,5)29-13-10-21(15-28)8-11-27(12-9-21)19-26-17-7-6-16(22(23,24)25)14-18(17)30-19/h6-7,14H,8-13H2,1-5H3;6-7,14-15H,8-13H2,1-5H3. The van der Waals surface area contributed by atoms with Gasteiger partial charge in [0.15, 0.2) is 26.9 Å². The van der Waals surface area contributed by atoms with Gasteiger partial charge < -0.3 is 23.4 Å². The summed E-state index contributed by atoms with van der Waals surface area (Å²) in [5, 5.41) is 11.6. The molecule has 0 radical (unpaired) electrons. The van der Waals surface area contributed by atoms with Crippen LogP contribution >= 0.6 is 22.7 Å². The van der Waals surface area contributed by atoms with Crippen molar-refractivity contribution >= 4 is 76.3 Å². The van der Waals surface area contributed by atoms with E-state index >= 15 is 0 Å². The van der Waals surface area contributed by atoms with Crippen LogP contribution < -0.4 is 9.80 Å². The number of hydrogen-bond acceptors (Lipinski definition) is 10. The lowest BCUT2D eigenvalue weighted by atomic mass is 9.77. The van der Waals surface area contributed by atoms with Crippen molar-refractivity contribution in [3.63, 3.8) is 0 Å². The van der Waals surface area contributed by atoms with Gasteiger partial charge in [-0.1, -0.05) is 64.2 Å². The number of carbonyl (C=O) groups excluding carboxylic acids is 1. The lowest BCUT2D eigenvalue weighted by Gasteiger charge is -2.40. The van der Waals surface area contributed by atoms with Crippen molar-refractivity contribution in [2.75, 3.05) is 49.2 Å². The molecular formula is C44H61F6N5O3S2Si2. The van der Waals surface area contributed by atoms with Crippen molar-refractivity contribution in [1.82, 2.24) is 9.97 Å². The average molecular weight is 942 g/mol. The molecule has 4 aromatic rings. The van der Waals surface area contributed by atoms with Gasteiger partial charge in [-0.15, -0.1) is 0 Å². The summed E-state index contributed by atoms with van der Waals surface area (Å²) >= 11 is 2.55. The maximum absolute atomic E-state index is 13.0. The fourth-order valence-electron chi connectivity index (χ4n) is 7.01. The molecule has 2 aliphatic rings. The summed E-state index contributed by atoms with van der Waals surface area (Å²) in [6.07, 6.45) is -3.44. The smallest absolute Gasteiger partial charge is 0.416 e. The third-order valence-electron chi connectivity index (χ3n) is 13.6. The second-order valence-corrected chi connectivity index (χ2v) is 31.6. The molecule has 0 amide bonds. The Bertz CT molecular complexity index is 2210. The Balaban J connectivity index is 0.000000234. The van der Waals surface area contributed by atoms with Crippen LogP contribution in [0.2, 0.25) is 36.3 Å². The fraction of sp³-hybridized carbons (Fsp3) is 0.636. The normalized spacial score (nSPS) is 17.8. The highest BCUT2D eigenvalue weighted by molar-refractivity contribution is 7.22. The lowest BCUT2D eigenvalue weighted by Crippen LogP contribution is -2.44. The third kappa shape index (κ3) is 11.8. The Hall–Kier alpha value is -3.09. The number of anilines is 2. The van der Waals surface area contributed by atoms with Crippen LogP contribution in [-0.4, -0.2) is 72.3 Å². The van der Waals surface area contributed by atoms with Crippen molar-refractivity contribution in [2.24, 2.45) is 10.8 Å². The van der Waals surface area contributed by atoms with Crippen molar-refractivity contribution in [3.05, 3.63) is 47.5 Å². The van der Waals surface area contributed by atoms with Crippen LogP contribution in [-0.2, 0) is 26.0 Å². The van der Waals surface area contributed by atoms with Crippen LogP contribution in [0.5, 0.6) is 0 Å². The molecule has 4 heterocycles. The summed E-state index contributed by atoms with van der Waals surface area (Å²) in [6.45, 7) is 25.9. The molecule has 18 heteroatoms. The van der Waals surface area contributed by atoms with E-state index in [4.69, 9.17) is 8.85 Å². The number of hydrogen-bond donors (Lipinski definition) is 0. The Morgan fingerprint density at radius 3 is 1.44 bits per heavy atom. The summed E-state index contributed by atoms with van der Waals surface area (Å²) in [7, 11) is -3.70. The molecule has 0 N–H and O–H groups in total. The number of aromatic nitrogens is 2. The number of nitrogens with zero attached hydrogens (tertiary/aromatic N) is 5. The summed E-state index contributed by atoms with van der Waals surface area (Å²) in [5.74, 6) is 0. The first kappa shape index (κ1) is 49.9. The van der Waals surface area contributed by atoms with E-state index in [2.05, 4.69) is 93.6 Å². The molecule has 0 aliphatic carbocycles. The van der Waals surface area contributed by atoms with E-state index in [0.29, 0.717) is 103 Å². The molecule has 0 atom stereocenters. The zero-order valence-corrected chi connectivity index (χ0v) is 41.2. The van der Waals surface area contributed by atoms with Crippen LogP contribution in [0.4, 0.5) is 36.6 Å². The van der Waals surface area contributed by atoms with Crippen LogP contribution in [0.1, 0.15) is 91.2 Å². The summed E-state index contributed by atoms with van der Waals surface area (Å²) in [6, 6.07) is 9.86. The van der Waals surface area contributed by atoms with Gasteiger partial charge >= 0.3 is 12.4 Å². The van der Waals surface area contributed by atoms with Crippen LogP contribution in [0.15, 0.2) is 36.4 Å². The van der Waals surface area contributed by atoms with E-state index in [1.807, 2.05) is 0 Å². The molecule has 0 unspecified atom stereocenters. The fourth-order valence-corrected chi connectivity index (χ4v) is 11.2. The molecule has 2 aromatic carbocycles. The summed E-state index contributed by atoms with van der Waals surface area (Å²) in [4.78, 5) is 25.2. The number of nitriles is 1. The van der Waals surface area contributed by atoms with Gasteiger partial charge in [-0.05, 0) is 111 Å². The van der Waals surface area contributed by atoms with Gasteiger partial charge in [0.25, 0.3) is 0 Å². The topological polar surface area (TPSA) is 91.6 Å². The Morgan fingerprint density at radius 2 is 1.08 bits per heavy atom. The lowest BCUT2D eigenvalue weighted by molar-refractivity contribution is -0.138. The van der Waals surface area contributed by atoms with Gasteiger partial charge in [0.05, 0.1) is 43.0 Å². The van der Waals surface area contributed by atoms with Gasteiger partial charge in [0.2, 0.25) is 0 Å². The van der Waals surface area contributed by atoms with Gasteiger partial charge in [-0.25, -0.2) is 9.97 Å². The number of aldehydes is 1. The highest BCUT2D eigenvalue weighted by Crippen LogP contribution is 2.43. The van der Waals surface area contributed by atoms with E-state index < -0.39 is 50.9 Å². The highest BCUT2D eigenvalue weighted by atomic mass is 32.1. The molecule has 2 aromatic heterocycles. The van der Waals surface area contributed by atoms with E-state index in [-0.39, 0.29) is 10.1 Å². The summed E-state index contributed by atoms with van der Waals surface area (Å²) in [5.41, 5.74) is -0.983. The van der Waals surface area contributed by atoms with Gasteiger partial charge in [-0.2, -0.15) is 31.6 Å². The first-order valence-corrected chi connectivity index (χ1v) is 28.6. The molecule has 2 fully saturated rings. The van der Waals surface area contributed by atoms with E-state index in [1.54, 1.807) is 0 Å². The van der Waals surface area contributed by atoms with Crippen molar-refractivity contribution in [3.8, 4) is 6.07 Å². The number of thiazole rings is 2. The minimum absolute atomic E-state index is 0.129. The van der Waals surface area contributed by atoms with Crippen LogP contribution in [0.25, 0.3) is 20.4 Å². The zero-order valence-electron chi connectivity index (χ0n) is 37.6. The molecule has 342 valence electrons. The molecule has 0 spiro atoms. The van der Waals surface area contributed by atoms with Crippen LogP contribution in [0, 0.1) is 22.2 Å². The second-order valence-electron chi connectivity index (χ2n) is 19.9. The maximum atomic E-state index is 13.0. The van der Waals surface area contributed by atoms with E-state index in [9.17, 15) is 36.4 Å². The molecular weight excluding hydrogens is 881 g/mol. The number of carbonyl (C=O) groups is 1. The number of rotatable bonds is 11. The van der Waals surface area contributed by atoms with E-state index in [1.165, 1.54) is 34.8 Å². The summed E-state index contributed by atoms with van der Waals surface area (Å²) < 4.78 is 91.5. The van der Waals surface area contributed by atoms with Gasteiger partial charge in [-0.3, -0.25) is 0 Å². The molecule has 62 heavy (non-hydrogen) atoms. The molecule has 2 saturated heterocycles. The number of halogens is 6. The minimum atomic E-state index is -4.36. The SMILES string of the molecule is CC(C)(C)[Si](C)(C)OCCC1(C#N)CCN(c2nc3ccc(C(F)(F)F)cc3s2)CC1.CC(C)(C)[Si](C)(C)OCCC1(C=O)CCN(c2nc3ccc(C(F)(F)F)cc3s2)CC1. The predicted octanol–water partition coefficient (Wildman–Crippen LogP) is 13.3. The zero-order chi connectivity index (χ0) is 46.2. The second kappa shape index (κ2) is 18.4. The first-order valence-electron chi connectivity index (χ1n) is 21.1. The Kier molecular flexibility index (Phi) is 14.8. The van der Waals surface area contributed by atoms with Crippen molar-refractivity contribution < 1.29 is 40.0 Å². The van der Waals surface area contributed by atoms with Crippen molar-refractivity contribution in [1.29, 1.82) is 5.26 Å². The maximum Gasteiger partial charge on any atom is 0.416 e. The van der Waals surface area contributed by atoms with Crippen LogP contribution in [0.3, 0.4) is 0 Å². The van der Waals surface area contributed by atoms with E-state index in [0.717, 1.165) is 35.7 Å². The molecule has 6 rings (SSSR count). The van der Waals surface area contributed by atoms with Crippen molar-refractivity contribution in [2.45, 2.75) is 129 Å². The number of alkyl halides is 6. The quantitative estimate of drug-likeness (QED) is 0.0834. The third-order valence-corrected chi connectivity index (χ3v) is 24.9. The Morgan fingerprint density at radius 1 is 0.694 bits per heavy atom. The number of fused-ring (bicyclic) bond motifs is 2. The monoisotopic (exact) mass is 941 g/mol. The Labute approximate surface area is 372 Å². The number of benzene rings is 2. The van der Waals surface area contributed by atoms with Gasteiger partial charge in [0.1, 0.15) is 6.29 Å².